The van der Waals surface area contributed by atoms with Crippen molar-refractivity contribution in [2.24, 2.45) is 5.92 Å². The number of rotatable bonds is 6. The Balaban J connectivity index is 1.77. The molecule has 1 N–H and O–H groups in total. The molecular weight excluding hydrogens is 452 g/mol. The summed E-state index contributed by atoms with van der Waals surface area (Å²) in [5, 5.41) is 9.87. The van der Waals surface area contributed by atoms with Crippen LogP contribution in [-0.2, 0) is 16.0 Å². The maximum absolute atomic E-state index is 11.3. The van der Waals surface area contributed by atoms with Crippen molar-refractivity contribution in [1.82, 2.24) is 0 Å². The first-order valence-corrected chi connectivity index (χ1v) is 12.2. The summed E-state index contributed by atoms with van der Waals surface area (Å²) < 4.78 is 18.1. The number of carboxylic acid groups (broad SMARTS) is 1. The molecule has 0 aromatic heterocycles. The number of fused-ring (bicyclic) bond motifs is 3. The molecule has 1 saturated heterocycles. The fourth-order valence-corrected chi connectivity index (χ4v) is 5.74. The SMILES string of the molecule is C=C(C)[C@@H]1C[C@@H]2c3ccc(OC)cc3CCC[C@@H]2O[C@@H]1c1c(OCC(=O)O)cc(C)c(Cl)c1C. The molecule has 1 heterocycles. The minimum Gasteiger partial charge on any atom is -0.497 e. The average Bonchev–Trinajstić information content (AvgIpc) is 2.98. The van der Waals surface area contributed by atoms with Crippen molar-refractivity contribution in [3.8, 4) is 11.5 Å². The first kappa shape index (κ1) is 24.6. The molecule has 4 rings (SSSR count). The van der Waals surface area contributed by atoms with Gasteiger partial charge in [-0.3, -0.25) is 0 Å². The molecule has 0 radical (unpaired) electrons. The lowest BCUT2D eigenvalue weighted by Crippen LogP contribution is -2.36. The molecule has 34 heavy (non-hydrogen) atoms. The first-order chi connectivity index (χ1) is 16.2. The van der Waals surface area contributed by atoms with Crippen LogP contribution in [-0.4, -0.2) is 30.9 Å². The van der Waals surface area contributed by atoms with Gasteiger partial charge in [0, 0.05) is 22.4 Å². The summed E-state index contributed by atoms with van der Waals surface area (Å²) >= 11 is 6.66. The van der Waals surface area contributed by atoms with Gasteiger partial charge in [0.05, 0.1) is 19.3 Å². The largest absolute Gasteiger partial charge is 0.497 e. The van der Waals surface area contributed by atoms with Crippen LogP contribution >= 0.6 is 11.6 Å². The second-order valence-corrected chi connectivity index (χ2v) is 9.95. The standard InChI is InChI=1S/C28H33ClO5/c1-15(2)21-13-22-20-10-9-19(32-5)12-18(20)7-6-8-23(22)34-28(21)26-17(4)27(29)16(3)11-24(26)33-14-25(30)31/h9-12,21-23,28H,1,6-8,13-14H2,2-5H3,(H,30,31)/t21-,22+,23-,28-/m0/s1. The quantitative estimate of drug-likeness (QED) is 0.469. The number of aryl methyl sites for hydroxylation is 2. The Bertz CT molecular complexity index is 1110. The van der Waals surface area contributed by atoms with Crippen LogP contribution < -0.4 is 9.47 Å². The number of carboxylic acids is 1. The number of halogens is 1. The second-order valence-electron chi connectivity index (χ2n) is 9.57. The summed E-state index contributed by atoms with van der Waals surface area (Å²) in [6, 6.07) is 8.20. The Labute approximate surface area is 206 Å². The molecule has 1 aliphatic carbocycles. The van der Waals surface area contributed by atoms with E-state index in [1.807, 2.05) is 32.9 Å². The van der Waals surface area contributed by atoms with Gasteiger partial charge in [0.1, 0.15) is 11.5 Å². The number of carbonyl (C=O) groups is 1. The lowest BCUT2D eigenvalue weighted by atomic mass is 9.74. The Morgan fingerprint density at radius 1 is 1.29 bits per heavy atom. The van der Waals surface area contributed by atoms with Gasteiger partial charge in [0.2, 0.25) is 0 Å². The van der Waals surface area contributed by atoms with Crippen LogP contribution in [0.3, 0.4) is 0 Å². The molecule has 2 aromatic carbocycles. The molecule has 2 aromatic rings. The fourth-order valence-electron chi connectivity index (χ4n) is 5.58. The van der Waals surface area contributed by atoms with E-state index in [0.717, 1.165) is 53.7 Å². The molecule has 5 nitrogen and oxygen atoms in total. The molecule has 1 fully saturated rings. The summed E-state index contributed by atoms with van der Waals surface area (Å²) in [6.45, 7) is 9.78. The summed E-state index contributed by atoms with van der Waals surface area (Å²) in [5.74, 6) is 0.682. The zero-order valence-corrected chi connectivity index (χ0v) is 21.1. The smallest absolute Gasteiger partial charge is 0.341 e. The van der Waals surface area contributed by atoms with E-state index < -0.39 is 12.6 Å². The fraction of sp³-hybridized carbons (Fsp3) is 0.464. The van der Waals surface area contributed by atoms with Crippen LogP contribution in [0.15, 0.2) is 36.4 Å². The highest BCUT2D eigenvalue weighted by atomic mass is 35.5. The molecule has 0 amide bonds. The van der Waals surface area contributed by atoms with Crippen molar-refractivity contribution in [3.05, 3.63) is 69.3 Å². The number of methoxy groups -OCH3 is 1. The maximum atomic E-state index is 11.3. The number of ether oxygens (including phenoxy) is 3. The third-order valence-corrected chi connectivity index (χ3v) is 7.87. The lowest BCUT2D eigenvalue weighted by molar-refractivity contribution is -0.139. The van der Waals surface area contributed by atoms with Crippen molar-refractivity contribution in [2.75, 3.05) is 13.7 Å². The monoisotopic (exact) mass is 484 g/mol. The van der Waals surface area contributed by atoms with E-state index in [-0.39, 0.29) is 24.0 Å². The van der Waals surface area contributed by atoms with E-state index in [0.29, 0.717) is 10.8 Å². The van der Waals surface area contributed by atoms with Gasteiger partial charge in [-0.2, -0.15) is 0 Å². The third kappa shape index (κ3) is 4.69. The van der Waals surface area contributed by atoms with E-state index >= 15 is 0 Å². The van der Waals surface area contributed by atoms with E-state index in [1.165, 1.54) is 11.1 Å². The topological polar surface area (TPSA) is 65.0 Å². The molecule has 0 spiro atoms. The van der Waals surface area contributed by atoms with Gasteiger partial charge < -0.3 is 19.3 Å². The zero-order chi connectivity index (χ0) is 24.6. The van der Waals surface area contributed by atoms with Crippen LogP contribution in [0.4, 0.5) is 0 Å². The second kappa shape index (κ2) is 10.0. The predicted octanol–water partition coefficient (Wildman–Crippen LogP) is 6.57. The molecule has 6 heteroatoms. The van der Waals surface area contributed by atoms with Crippen LogP contribution in [0.2, 0.25) is 5.02 Å². The molecule has 0 bridgehead atoms. The first-order valence-electron chi connectivity index (χ1n) is 11.8. The lowest BCUT2D eigenvalue weighted by Gasteiger charge is -2.43. The number of hydrogen-bond donors (Lipinski definition) is 1. The summed E-state index contributed by atoms with van der Waals surface area (Å²) in [7, 11) is 1.70. The van der Waals surface area contributed by atoms with Crippen LogP contribution in [0.25, 0.3) is 0 Å². The Hall–Kier alpha value is -2.50. The van der Waals surface area contributed by atoms with Gasteiger partial charge in [-0.25, -0.2) is 4.79 Å². The third-order valence-electron chi connectivity index (χ3n) is 7.29. The van der Waals surface area contributed by atoms with Gasteiger partial charge >= 0.3 is 5.97 Å². The van der Waals surface area contributed by atoms with Crippen LogP contribution in [0.5, 0.6) is 11.5 Å². The molecule has 0 unspecified atom stereocenters. The predicted molar refractivity (Wildman–Crippen MR) is 133 cm³/mol. The summed E-state index contributed by atoms with van der Waals surface area (Å²) in [4.78, 5) is 11.3. The Morgan fingerprint density at radius 3 is 2.74 bits per heavy atom. The van der Waals surface area contributed by atoms with Gasteiger partial charge in [0.25, 0.3) is 0 Å². The Morgan fingerprint density at radius 2 is 2.06 bits per heavy atom. The van der Waals surface area contributed by atoms with Gasteiger partial charge in [-0.1, -0.05) is 29.8 Å². The van der Waals surface area contributed by atoms with Gasteiger partial charge in [-0.15, -0.1) is 0 Å². The summed E-state index contributed by atoms with van der Waals surface area (Å²) in [6.07, 6.45) is 3.61. The molecule has 2 aliphatic rings. The van der Waals surface area contributed by atoms with Crippen molar-refractivity contribution in [3.63, 3.8) is 0 Å². The molecule has 1 aliphatic heterocycles. The van der Waals surface area contributed by atoms with Crippen LogP contribution in [0.1, 0.15) is 66.0 Å². The van der Waals surface area contributed by atoms with Crippen molar-refractivity contribution in [2.45, 2.75) is 64.6 Å². The van der Waals surface area contributed by atoms with Gasteiger partial charge in [0.15, 0.2) is 6.61 Å². The highest BCUT2D eigenvalue weighted by Crippen LogP contribution is 2.52. The molecule has 0 saturated carbocycles. The van der Waals surface area contributed by atoms with Crippen LogP contribution in [0, 0.1) is 19.8 Å². The van der Waals surface area contributed by atoms with E-state index in [4.69, 9.17) is 25.8 Å². The number of aliphatic carboxylic acids is 1. The highest BCUT2D eigenvalue weighted by Gasteiger charge is 2.43. The average molecular weight is 485 g/mol. The highest BCUT2D eigenvalue weighted by molar-refractivity contribution is 6.32. The van der Waals surface area contributed by atoms with Crippen molar-refractivity contribution >= 4 is 17.6 Å². The van der Waals surface area contributed by atoms with Crippen molar-refractivity contribution in [1.29, 1.82) is 0 Å². The van der Waals surface area contributed by atoms with Gasteiger partial charge in [-0.05, 0) is 86.9 Å². The zero-order valence-electron chi connectivity index (χ0n) is 20.3. The van der Waals surface area contributed by atoms with E-state index in [1.54, 1.807) is 7.11 Å². The molecule has 4 atom stereocenters. The van der Waals surface area contributed by atoms with E-state index in [2.05, 4.69) is 18.7 Å². The minimum atomic E-state index is -1.02. The normalized spacial score (nSPS) is 23.9. The Kier molecular flexibility index (Phi) is 7.25. The van der Waals surface area contributed by atoms with E-state index in [9.17, 15) is 9.90 Å². The number of hydrogen-bond acceptors (Lipinski definition) is 4. The van der Waals surface area contributed by atoms with Crippen molar-refractivity contribution < 1.29 is 24.1 Å². The summed E-state index contributed by atoms with van der Waals surface area (Å²) in [5.41, 5.74) is 6.24. The maximum Gasteiger partial charge on any atom is 0.341 e. The minimum absolute atomic E-state index is 0.0407. The molecule has 182 valence electrons. The molecular formula is C28H33ClO5. The number of benzene rings is 2.